The van der Waals surface area contributed by atoms with Crippen molar-refractivity contribution in [3.05, 3.63) is 12.2 Å². The van der Waals surface area contributed by atoms with Gasteiger partial charge in [-0.05, 0) is 38.0 Å². The van der Waals surface area contributed by atoms with Crippen LogP contribution in [0.4, 0.5) is 4.79 Å². The van der Waals surface area contributed by atoms with Gasteiger partial charge in [0.25, 0.3) is 0 Å². The highest BCUT2D eigenvalue weighted by atomic mass is 16.5. The Kier molecular flexibility index (Phi) is 5.38. The van der Waals surface area contributed by atoms with Crippen molar-refractivity contribution < 1.29 is 9.53 Å². The van der Waals surface area contributed by atoms with Crippen LogP contribution in [0.1, 0.15) is 50.8 Å². The fraction of sp³-hybridized carbons (Fsp3) is 0.824. The second kappa shape index (κ2) is 7.51. The lowest BCUT2D eigenvalue weighted by molar-refractivity contribution is 0.0844. The topological polar surface area (TPSA) is 72.3 Å². The Balaban J connectivity index is 1.42. The predicted octanol–water partition coefficient (Wildman–Crippen LogP) is 1.91. The molecule has 1 aromatic rings. The van der Waals surface area contributed by atoms with E-state index >= 15 is 0 Å². The van der Waals surface area contributed by atoms with Gasteiger partial charge in [-0.15, -0.1) is 10.2 Å². The first-order chi connectivity index (χ1) is 11.5. The van der Waals surface area contributed by atoms with E-state index < -0.39 is 0 Å². The van der Waals surface area contributed by atoms with Crippen LogP contribution in [-0.4, -0.2) is 58.0 Å². The van der Waals surface area contributed by atoms with Gasteiger partial charge < -0.3 is 19.5 Å². The summed E-state index contributed by atoms with van der Waals surface area (Å²) < 4.78 is 7.71. The quantitative estimate of drug-likeness (QED) is 0.912. The molecule has 2 aliphatic rings. The van der Waals surface area contributed by atoms with Gasteiger partial charge in [0.1, 0.15) is 12.2 Å². The maximum absolute atomic E-state index is 12.4. The molecular weight excluding hydrogens is 306 g/mol. The highest BCUT2D eigenvalue weighted by Gasteiger charge is 2.28. The molecule has 3 rings (SSSR count). The number of nitrogens with one attached hydrogen (secondary N) is 1. The first-order valence-corrected chi connectivity index (χ1v) is 9.00. The molecule has 2 fully saturated rings. The molecule has 1 saturated heterocycles. The maximum atomic E-state index is 12.4. The number of carbonyl (C=O) groups is 1. The Labute approximate surface area is 143 Å². The molecule has 1 N–H and O–H groups in total. The number of hydrogen-bond donors (Lipinski definition) is 1. The summed E-state index contributed by atoms with van der Waals surface area (Å²) in [7, 11) is 3.84. The Morgan fingerprint density at radius 3 is 2.75 bits per heavy atom. The van der Waals surface area contributed by atoms with Crippen molar-refractivity contribution >= 4 is 6.03 Å². The molecule has 1 aromatic heterocycles. The normalized spacial score (nSPS) is 30.3. The van der Waals surface area contributed by atoms with Crippen LogP contribution in [0.3, 0.4) is 0 Å². The molecule has 134 valence electrons. The third kappa shape index (κ3) is 4.06. The van der Waals surface area contributed by atoms with Crippen LogP contribution < -0.4 is 5.32 Å². The minimum Gasteiger partial charge on any atom is -0.376 e. The number of likely N-dealkylation sites (N-methyl/N-ethyl adjacent to an activating group) is 1. The van der Waals surface area contributed by atoms with E-state index in [0.717, 1.165) is 44.5 Å². The van der Waals surface area contributed by atoms with Crippen molar-refractivity contribution in [1.82, 2.24) is 25.0 Å². The number of aryl methyl sites for hydroxylation is 1. The third-order valence-electron chi connectivity index (χ3n) is 5.27. The summed E-state index contributed by atoms with van der Waals surface area (Å²) >= 11 is 0. The largest absolute Gasteiger partial charge is 0.376 e. The number of carbonyl (C=O) groups excluding carboxylic acids is 1. The highest BCUT2D eigenvalue weighted by molar-refractivity contribution is 5.74. The molecule has 2 amide bonds. The fourth-order valence-electron chi connectivity index (χ4n) is 3.84. The second-order valence-corrected chi connectivity index (χ2v) is 7.47. The molecule has 0 bridgehead atoms. The van der Waals surface area contributed by atoms with Crippen LogP contribution in [0, 0.1) is 5.92 Å². The van der Waals surface area contributed by atoms with Gasteiger partial charge in [-0.1, -0.05) is 6.92 Å². The number of rotatable bonds is 4. The van der Waals surface area contributed by atoms with Gasteiger partial charge in [0.05, 0.1) is 6.10 Å². The predicted molar refractivity (Wildman–Crippen MR) is 90.7 cm³/mol. The Bertz CT molecular complexity index is 553. The number of amides is 2. The summed E-state index contributed by atoms with van der Waals surface area (Å²) in [6.45, 7) is 3.67. The highest BCUT2D eigenvalue weighted by Crippen LogP contribution is 2.31. The van der Waals surface area contributed by atoms with Crippen LogP contribution in [0.5, 0.6) is 0 Å². The van der Waals surface area contributed by atoms with Crippen molar-refractivity contribution in [2.24, 2.45) is 13.0 Å². The number of ether oxygens (including phenoxy) is 1. The van der Waals surface area contributed by atoms with Gasteiger partial charge in [0.2, 0.25) is 0 Å². The lowest BCUT2D eigenvalue weighted by atomic mass is 9.85. The lowest BCUT2D eigenvalue weighted by Gasteiger charge is -2.30. The molecule has 7 heteroatoms. The third-order valence-corrected chi connectivity index (χ3v) is 5.27. The zero-order valence-corrected chi connectivity index (χ0v) is 14.9. The van der Waals surface area contributed by atoms with Crippen LogP contribution in [0.2, 0.25) is 0 Å². The zero-order chi connectivity index (χ0) is 17.1. The summed E-state index contributed by atoms with van der Waals surface area (Å²) in [5.74, 6) is 2.11. The van der Waals surface area contributed by atoms with E-state index in [1.54, 1.807) is 11.2 Å². The van der Waals surface area contributed by atoms with Crippen molar-refractivity contribution in [3.8, 4) is 0 Å². The number of nitrogens with zero attached hydrogens (tertiary/aromatic N) is 4. The van der Waals surface area contributed by atoms with Gasteiger partial charge >= 0.3 is 6.03 Å². The van der Waals surface area contributed by atoms with Gasteiger partial charge in [-0.3, -0.25) is 0 Å². The Morgan fingerprint density at radius 1 is 1.42 bits per heavy atom. The Hall–Kier alpha value is -1.63. The summed E-state index contributed by atoms with van der Waals surface area (Å²) in [6, 6.07) is 0.271. The minimum absolute atomic E-state index is 0.0141. The molecule has 1 saturated carbocycles. The molecule has 2 atom stereocenters. The molecule has 1 aliphatic carbocycles. The molecule has 1 aliphatic heterocycles. The SMILES string of the molecule is CC1COC(CN(C)C(=O)NC2CCC(c3nncn3C)CC2)C1. The maximum Gasteiger partial charge on any atom is 0.317 e. The van der Waals surface area contributed by atoms with Crippen molar-refractivity contribution in [2.45, 2.75) is 57.1 Å². The molecule has 24 heavy (non-hydrogen) atoms. The Morgan fingerprint density at radius 2 is 2.17 bits per heavy atom. The van der Waals surface area contributed by atoms with Crippen LogP contribution in [0.25, 0.3) is 0 Å². The van der Waals surface area contributed by atoms with Crippen molar-refractivity contribution in [1.29, 1.82) is 0 Å². The molecule has 7 nitrogen and oxygen atoms in total. The summed E-state index contributed by atoms with van der Waals surface area (Å²) in [4.78, 5) is 14.1. The van der Waals surface area contributed by atoms with Gasteiger partial charge in [0.15, 0.2) is 0 Å². The van der Waals surface area contributed by atoms with Crippen molar-refractivity contribution in [2.75, 3.05) is 20.2 Å². The van der Waals surface area contributed by atoms with E-state index in [9.17, 15) is 4.79 Å². The van der Waals surface area contributed by atoms with E-state index in [4.69, 9.17) is 4.74 Å². The first kappa shape index (κ1) is 17.2. The molecule has 0 radical (unpaired) electrons. The monoisotopic (exact) mass is 335 g/mol. The van der Waals surface area contributed by atoms with Crippen molar-refractivity contribution in [3.63, 3.8) is 0 Å². The number of urea groups is 1. The lowest BCUT2D eigenvalue weighted by Crippen LogP contribution is -2.46. The minimum atomic E-state index is 0.0141. The van der Waals surface area contributed by atoms with E-state index in [1.165, 1.54) is 0 Å². The van der Waals surface area contributed by atoms with E-state index in [0.29, 0.717) is 18.4 Å². The van der Waals surface area contributed by atoms with Gasteiger partial charge in [-0.2, -0.15) is 0 Å². The number of hydrogen-bond acceptors (Lipinski definition) is 4. The smallest absolute Gasteiger partial charge is 0.317 e. The van der Waals surface area contributed by atoms with E-state index in [2.05, 4.69) is 22.4 Å². The first-order valence-electron chi connectivity index (χ1n) is 9.00. The average Bonchev–Trinajstić information content (AvgIpc) is 3.16. The summed E-state index contributed by atoms with van der Waals surface area (Å²) in [6.07, 6.45) is 7.06. The molecule has 0 spiro atoms. The molecule has 0 aromatic carbocycles. The standard InChI is InChI=1S/C17H29N5O2/c1-12-8-15(24-10-12)9-21(2)17(23)19-14-6-4-13(5-7-14)16-20-18-11-22(16)3/h11-15H,4-10H2,1-3H3,(H,19,23). The molecule has 2 unspecified atom stereocenters. The number of aromatic nitrogens is 3. The van der Waals surface area contributed by atoms with E-state index in [1.807, 2.05) is 18.7 Å². The average molecular weight is 335 g/mol. The summed E-state index contributed by atoms with van der Waals surface area (Å²) in [5.41, 5.74) is 0. The second-order valence-electron chi connectivity index (χ2n) is 7.47. The van der Waals surface area contributed by atoms with Crippen LogP contribution >= 0.6 is 0 Å². The molecule has 2 heterocycles. The van der Waals surface area contributed by atoms with Crippen LogP contribution in [-0.2, 0) is 11.8 Å². The van der Waals surface area contributed by atoms with E-state index in [-0.39, 0.29) is 18.2 Å². The van der Waals surface area contributed by atoms with Crippen LogP contribution in [0.15, 0.2) is 6.33 Å². The molecular formula is C17H29N5O2. The zero-order valence-electron chi connectivity index (χ0n) is 14.9. The summed E-state index contributed by atoms with van der Waals surface area (Å²) in [5, 5.41) is 11.4. The fourth-order valence-corrected chi connectivity index (χ4v) is 3.84. The van der Waals surface area contributed by atoms with Gasteiger partial charge in [0, 0.05) is 39.2 Å². The van der Waals surface area contributed by atoms with Gasteiger partial charge in [-0.25, -0.2) is 4.79 Å².